The zero-order valence-corrected chi connectivity index (χ0v) is 4.46. The van der Waals surface area contributed by atoms with E-state index in [2.05, 4.69) is 4.74 Å². The van der Waals surface area contributed by atoms with Crippen molar-refractivity contribution in [3.05, 3.63) is 0 Å². The number of alkyl halides is 3. The molecule has 0 amide bonds. The predicted molar refractivity (Wildman–Crippen MR) is 22.3 cm³/mol. The van der Waals surface area contributed by atoms with Crippen LogP contribution in [0.25, 0.3) is 0 Å². The first kappa shape index (κ1) is 7.75. The minimum atomic E-state index is -3.28. The molecule has 50 valence electrons. The maximum Gasteiger partial charge on any atom is 0.357 e. The van der Waals surface area contributed by atoms with E-state index in [9.17, 15) is 13.2 Å². The SMILES string of the molecule is CCC(F)(F)OCF. The summed E-state index contributed by atoms with van der Waals surface area (Å²) < 4.78 is 37.7. The number of rotatable bonds is 3. The number of hydrogen-bond donors (Lipinski definition) is 0. The third-order valence-electron chi connectivity index (χ3n) is 0.677. The van der Waals surface area contributed by atoms with Crippen molar-refractivity contribution in [2.75, 3.05) is 6.86 Å². The van der Waals surface area contributed by atoms with E-state index in [-0.39, 0.29) is 0 Å². The molecule has 0 fully saturated rings. The Morgan fingerprint density at radius 3 is 2.12 bits per heavy atom. The largest absolute Gasteiger partial charge is 0.357 e. The van der Waals surface area contributed by atoms with Crippen molar-refractivity contribution < 1.29 is 17.9 Å². The van der Waals surface area contributed by atoms with Gasteiger partial charge in [-0.15, -0.1) is 0 Å². The second kappa shape index (κ2) is 2.91. The standard InChI is InChI=1S/C4H7F3O/c1-2-4(6,7)8-3-5/h2-3H2,1H3. The van der Waals surface area contributed by atoms with E-state index in [1.807, 2.05) is 0 Å². The van der Waals surface area contributed by atoms with E-state index < -0.39 is 19.4 Å². The Morgan fingerprint density at radius 2 is 2.00 bits per heavy atom. The topological polar surface area (TPSA) is 9.23 Å². The molecule has 0 heterocycles. The molecule has 0 spiro atoms. The van der Waals surface area contributed by atoms with E-state index in [4.69, 9.17) is 0 Å². The molecule has 8 heavy (non-hydrogen) atoms. The van der Waals surface area contributed by atoms with Crippen molar-refractivity contribution in [2.24, 2.45) is 0 Å². The van der Waals surface area contributed by atoms with E-state index in [1.54, 1.807) is 0 Å². The molecular weight excluding hydrogens is 121 g/mol. The third-order valence-corrected chi connectivity index (χ3v) is 0.677. The van der Waals surface area contributed by atoms with Crippen molar-refractivity contribution in [3.8, 4) is 0 Å². The van der Waals surface area contributed by atoms with Crippen LogP contribution in [-0.2, 0) is 4.74 Å². The van der Waals surface area contributed by atoms with Crippen molar-refractivity contribution in [3.63, 3.8) is 0 Å². The Balaban J connectivity index is 3.37. The van der Waals surface area contributed by atoms with Gasteiger partial charge in [0.2, 0.25) is 0 Å². The predicted octanol–water partition coefficient (Wildman–Crippen LogP) is 1.93. The molecular formula is C4H7F3O. The van der Waals surface area contributed by atoms with Crippen LogP contribution in [0.3, 0.4) is 0 Å². The van der Waals surface area contributed by atoms with Gasteiger partial charge in [-0.3, -0.25) is 4.74 Å². The Morgan fingerprint density at radius 1 is 1.50 bits per heavy atom. The van der Waals surface area contributed by atoms with E-state index in [1.165, 1.54) is 6.92 Å². The molecule has 0 aromatic rings. The average molecular weight is 128 g/mol. The number of hydrogen-bond acceptors (Lipinski definition) is 1. The summed E-state index contributed by atoms with van der Waals surface area (Å²) in [6.07, 6.45) is -3.77. The van der Waals surface area contributed by atoms with Gasteiger partial charge in [-0.1, -0.05) is 6.92 Å². The minimum Gasteiger partial charge on any atom is -0.288 e. The molecule has 0 unspecified atom stereocenters. The van der Waals surface area contributed by atoms with Gasteiger partial charge in [-0.2, -0.15) is 8.78 Å². The highest BCUT2D eigenvalue weighted by atomic mass is 19.3. The van der Waals surface area contributed by atoms with Gasteiger partial charge in [0.15, 0.2) is 6.86 Å². The molecule has 0 rings (SSSR count). The van der Waals surface area contributed by atoms with Crippen LogP contribution in [0.1, 0.15) is 13.3 Å². The van der Waals surface area contributed by atoms with Crippen molar-refractivity contribution in [2.45, 2.75) is 19.5 Å². The lowest BCUT2D eigenvalue weighted by Gasteiger charge is -2.10. The second-order valence-electron chi connectivity index (χ2n) is 1.24. The van der Waals surface area contributed by atoms with E-state index >= 15 is 0 Å². The maximum atomic E-state index is 11.7. The van der Waals surface area contributed by atoms with Crippen LogP contribution in [0.5, 0.6) is 0 Å². The maximum absolute atomic E-state index is 11.7. The fraction of sp³-hybridized carbons (Fsp3) is 1.00. The Hall–Kier alpha value is -0.250. The van der Waals surface area contributed by atoms with Gasteiger partial charge in [0.1, 0.15) is 0 Å². The zero-order chi connectivity index (χ0) is 6.62. The third kappa shape index (κ3) is 2.85. The van der Waals surface area contributed by atoms with Crippen LogP contribution < -0.4 is 0 Å². The average Bonchev–Trinajstić information content (AvgIpc) is 1.67. The Labute approximate surface area is 45.4 Å². The van der Waals surface area contributed by atoms with Crippen LogP contribution in [0.4, 0.5) is 13.2 Å². The lowest BCUT2D eigenvalue weighted by Crippen LogP contribution is -2.18. The molecule has 0 aromatic heterocycles. The summed E-state index contributed by atoms with van der Waals surface area (Å²) in [6.45, 7) is -0.212. The first-order chi connectivity index (χ1) is 3.62. The van der Waals surface area contributed by atoms with Gasteiger partial charge < -0.3 is 0 Å². The molecule has 0 bridgehead atoms. The number of ether oxygens (including phenoxy) is 1. The Bertz CT molecular complexity index is 64.3. The van der Waals surface area contributed by atoms with Gasteiger partial charge in [0.05, 0.1) is 0 Å². The summed E-state index contributed by atoms with van der Waals surface area (Å²) in [4.78, 5) is 0. The molecule has 0 saturated carbocycles. The normalized spacial score (nSPS) is 12.0. The van der Waals surface area contributed by atoms with Crippen LogP contribution in [0.15, 0.2) is 0 Å². The highest BCUT2D eigenvalue weighted by Gasteiger charge is 2.26. The van der Waals surface area contributed by atoms with E-state index in [0.29, 0.717) is 0 Å². The summed E-state index contributed by atoms with van der Waals surface area (Å²) in [7, 11) is 0. The first-order valence-corrected chi connectivity index (χ1v) is 2.20. The first-order valence-electron chi connectivity index (χ1n) is 2.20. The molecule has 0 N–H and O–H groups in total. The van der Waals surface area contributed by atoms with Gasteiger partial charge >= 0.3 is 6.11 Å². The molecule has 4 heteroatoms. The molecule has 0 aliphatic carbocycles. The minimum absolute atomic E-state index is 0.489. The highest BCUT2D eigenvalue weighted by molar-refractivity contribution is 4.43. The monoisotopic (exact) mass is 128 g/mol. The highest BCUT2D eigenvalue weighted by Crippen LogP contribution is 2.18. The summed E-state index contributed by atoms with van der Waals surface area (Å²) in [5.74, 6) is 0. The molecule has 0 aliphatic heterocycles. The summed E-state index contributed by atoms with van der Waals surface area (Å²) in [5, 5.41) is 0. The smallest absolute Gasteiger partial charge is 0.288 e. The molecule has 1 nitrogen and oxygen atoms in total. The van der Waals surface area contributed by atoms with Crippen LogP contribution in [0.2, 0.25) is 0 Å². The lowest BCUT2D eigenvalue weighted by molar-refractivity contribution is -0.256. The zero-order valence-electron chi connectivity index (χ0n) is 4.46. The van der Waals surface area contributed by atoms with Crippen LogP contribution >= 0.6 is 0 Å². The van der Waals surface area contributed by atoms with Crippen molar-refractivity contribution >= 4 is 0 Å². The molecule has 0 aliphatic rings. The lowest BCUT2D eigenvalue weighted by atomic mass is 10.5. The van der Waals surface area contributed by atoms with Gasteiger partial charge in [-0.05, 0) is 0 Å². The second-order valence-corrected chi connectivity index (χ2v) is 1.24. The quantitative estimate of drug-likeness (QED) is 0.564. The fourth-order valence-electron chi connectivity index (χ4n) is 0.182. The summed E-state index contributed by atoms with van der Waals surface area (Å²) in [6, 6.07) is 0. The molecule has 0 atom stereocenters. The Kier molecular flexibility index (Phi) is 2.82. The van der Waals surface area contributed by atoms with Gasteiger partial charge in [0, 0.05) is 6.42 Å². The van der Waals surface area contributed by atoms with Crippen molar-refractivity contribution in [1.82, 2.24) is 0 Å². The fourth-order valence-corrected chi connectivity index (χ4v) is 0.182. The molecule has 0 saturated heterocycles. The number of halogens is 3. The van der Waals surface area contributed by atoms with Gasteiger partial charge in [0.25, 0.3) is 0 Å². The summed E-state index contributed by atoms with van der Waals surface area (Å²) in [5.41, 5.74) is 0. The van der Waals surface area contributed by atoms with E-state index in [0.717, 1.165) is 0 Å². The molecule has 0 aromatic carbocycles. The van der Waals surface area contributed by atoms with Gasteiger partial charge in [-0.25, -0.2) is 4.39 Å². The summed E-state index contributed by atoms with van der Waals surface area (Å²) >= 11 is 0. The van der Waals surface area contributed by atoms with Crippen molar-refractivity contribution in [1.29, 1.82) is 0 Å². The molecule has 0 radical (unpaired) electrons. The van der Waals surface area contributed by atoms with Crippen LogP contribution in [-0.4, -0.2) is 13.0 Å². The van der Waals surface area contributed by atoms with Crippen LogP contribution in [0, 0.1) is 0 Å².